The molecule has 0 bridgehead atoms. The van der Waals surface area contributed by atoms with Crippen LogP contribution in [0.4, 0.5) is 13.2 Å². The van der Waals surface area contributed by atoms with Gasteiger partial charge in [0.25, 0.3) is 0 Å². The number of nitrogens with zero attached hydrogens (tertiary/aromatic N) is 1. The molecule has 1 aromatic carbocycles. The summed E-state index contributed by atoms with van der Waals surface area (Å²) in [7, 11) is 0. The molecule has 3 nitrogen and oxygen atoms in total. The molecule has 0 amide bonds. The van der Waals surface area contributed by atoms with Crippen LogP contribution >= 0.6 is 0 Å². The predicted molar refractivity (Wildman–Crippen MR) is 57.4 cm³/mol. The molecule has 6 heteroatoms. The van der Waals surface area contributed by atoms with Crippen molar-refractivity contribution in [1.29, 1.82) is 0 Å². The third-order valence-electron chi connectivity index (χ3n) is 2.15. The monoisotopic (exact) mass is 255 g/mol. The number of halogens is 3. The number of alkyl halides is 3. The minimum atomic E-state index is -4.56. The van der Waals surface area contributed by atoms with E-state index in [1.54, 1.807) is 0 Å². The highest BCUT2D eigenvalue weighted by Gasteiger charge is 2.35. The Morgan fingerprint density at radius 2 is 1.78 bits per heavy atom. The van der Waals surface area contributed by atoms with E-state index in [1.807, 2.05) is 0 Å². The van der Waals surface area contributed by atoms with Gasteiger partial charge in [0.15, 0.2) is 11.5 Å². The third-order valence-corrected chi connectivity index (χ3v) is 2.15. The van der Waals surface area contributed by atoms with Crippen molar-refractivity contribution in [3.05, 3.63) is 48.2 Å². The zero-order valence-electron chi connectivity index (χ0n) is 8.98. The summed E-state index contributed by atoms with van der Waals surface area (Å²) < 4.78 is 43.0. The zero-order valence-corrected chi connectivity index (χ0v) is 8.98. The molecule has 2 rings (SSSR count). The van der Waals surface area contributed by atoms with Crippen LogP contribution < -0.4 is 4.74 Å². The SMILES string of the molecule is Oc1ccccc1Oc1ncccc1C(F)(F)F. The second kappa shape index (κ2) is 4.56. The molecule has 18 heavy (non-hydrogen) atoms. The Morgan fingerprint density at radius 3 is 2.44 bits per heavy atom. The Balaban J connectivity index is 2.39. The molecule has 0 spiro atoms. The van der Waals surface area contributed by atoms with Gasteiger partial charge in [-0.15, -0.1) is 0 Å². The molecule has 0 radical (unpaired) electrons. The Hall–Kier alpha value is -2.24. The van der Waals surface area contributed by atoms with Gasteiger partial charge in [0.1, 0.15) is 5.56 Å². The van der Waals surface area contributed by atoms with Gasteiger partial charge in [-0.3, -0.25) is 0 Å². The van der Waals surface area contributed by atoms with Crippen LogP contribution in [0.3, 0.4) is 0 Å². The summed E-state index contributed by atoms with van der Waals surface area (Å²) >= 11 is 0. The average Bonchev–Trinajstić information content (AvgIpc) is 2.31. The summed E-state index contributed by atoms with van der Waals surface area (Å²) in [6, 6.07) is 7.76. The first-order chi connectivity index (χ1) is 8.48. The first-order valence-corrected chi connectivity index (χ1v) is 4.96. The van der Waals surface area contributed by atoms with Crippen molar-refractivity contribution in [2.75, 3.05) is 0 Å². The molecule has 0 aliphatic carbocycles. The first kappa shape index (κ1) is 12.2. The fourth-order valence-corrected chi connectivity index (χ4v) is 1.34. The van der Waals surface area contributed by atoms with E-state index in [0.29, 0.717) is 0 Å². The largest absolute Gasteiger partial charge is 0.504 e. The molecule has 1 heterocycles. The van der Waals surface area contributed by atoms with E-state index in [2.05, 4.69) is 4.98 Å². The predicted octanol–water partition coefficient (Wildman–Crippen LogP) is 3.60. The van der Waals surface area contributed by atoms with Crippen molar-refractivity contribution >= 4 is 0 Å². The van der Waals surface area contributed by atoms with Crippen LogP contribution in [-0.2, 0) is 6.18 Å². The summed E-state index contributed by atoms with van der Waals surface area (Å²) in [6.45, 7) is 0. The lowest BCUT2D eigenvalue weighted by molar-refractivity contribution is -0.138. The summed E-state index contributed by atoms with van der Waals surface area (Å²) in [5.41, 5.74) is -0.992. The van der Waals surface area contributed by atoms with Crippen LogP contribution in [0, 0.1) is 0 Å². The van der Waals surface area contributed by atoms with Crippen molar-refractivity contribution in [1.82, 2.24) is 4.98 Å². The number of benzene rings is 1. The Bertz CT molecular complexity index is 555. The minimum Gasteiger partial charge on any atom is -0.504 e. The maximum absolute atomic E-state index is 12.7. The van der Waals surface area contributed by atoms with E-state index in [0.717, 1.165) is 6.07 Å². The molecule has 0 saturated heterocycles. The lowest BCUT2D eigenvalue weighted by atomic mass is 10.2. The van der Waals surface area contributed by atoms with Crippen LogP contribution in [0.25, 0.3) is 0 Å². The highest BCUT2D eigenvalue weighted by molar-refractivity contribution is 5.42. The van der Waals surface area contributed by atoms with Gasteiger partial charge in [-0.1, -0.05) is 12.1 Å². The van der Waals surface area contributed by atoms with Gasteiger partial charge in [0.05, 0.1) is 0 Å². The Kier molecular flexibility index (Phi) is 3.10. The number of ether oxygens (including phenoxy) is 1. The summed E-state index contributed by atoms with van der Waals surface area (Å²) in [5, 5.41) is 9.43. The van der Waals surface area contributed by atoms with E-state index in [-0.39, 0.29) is 11.5 Å². The third kappa shape index (κ3) is 2.53. The highest BCUT2D eigenvalue weighted by atomic mass is 19.4. The molecule has 0 atom stereocenters. The summed E-state index contributed by atoms with van der Waals surface area (Å²) in [6.07, 6.45) is -3.38. The second-order valence-electron chi connectivity index (χ2n) is 3.42. The molecular formula is C12H8F3NO2. The smallest absolute Gasteiger partial charge is 0.421 e. The molecule has 0 aliphatic heterocycles. The van der Waals surface area contributed by atoms with E-state index in [4.69, 9.17) is 4.74 Å². The number of para-hydroxylation sites is 2. The number of hydrogen-bond acceptors (Lipinski definition) is 3. The number of phenols is 1. The lowest BCUT2D eigenvalue weighted by Crippen LogP contribution is -2.08. The van der Waals surface area contributed by atoms with E-state index in [9.17, 15) is 18.3 Å². The van der Waals surface area contributed by atoms with Gasteiger partial charge in [0, 0.05) is 6.20 Å². The molecule has 0 unspecified atom stereocenters. The number of aromatic nitrogens is 1. The van der Waals surface area contributed by atoms with Gasteiger partial charge in [-0.05, 0) is 24.3 Å². The van der Waals surface area contributed by atoms with Gasteiger partial charge in [-0.2, -0.15) is 13.2 Å². The molecular weight excluding hydrogens is 247 g/mol. The normalized spacial score (nSPS) is 11.3. The average molecular weight is 255 g/mol. The minimum absolute atomic E-state index is 0.0818. The van der Waals surface area contributed by atoms with Gasteiger partial charge < -0.3 is 9.84 Å². The number of aromatic hydroxyl groups is 1. The molecule has 0 saturated carbocycles. The van der Waals surface area contributed by atoms with Crippen molar-refractivity contribution in [2.24, 2.45) is 0 Å². The summed E-state index contributed by atoms with van der Waals surface area (Å²) in [4.78, 5) is 3.53. The van der Waals surface area contributed by atoms with Gasteiger partial charge in [0.2, 0.25) is 5.88 Å². The van der Waals surface area contributed by atoms with Crippen LogP contribution in [0.15, 0.2) is 42.6 Å². The van der Waals surface area contributed by atoms with Crippen molar-refractivity contribution in [3.63, 3.8) is 0 Å². The maximum atomic E-state index is 12.7. The van der Waals surface area contributed by atoms with Crippen LogP contribution in [0.1, 0.15) is 5.56 Å². The topological polar surface area (TPSA) is 42.4 Å². The molecule has 1 aromatic heterocycles. The molecule has 0 fully saturated rings. The van der Waals surface area contributed by atoms with Gasteiger partial charge >= 0.3 is 6.18 Å². The Morgan fingerprint density at radius 1 is 1.06 bits per heavy atom. The molecule has 0 aliphatic rings. The molecule has 94 valence electrons. The number of hydrogen-bond donors (Lipinski definition) is 1. The van der Waals surface area contributed by atoms with Crippen LogP contribution in [-0.4, -0.2) is 10.1 Å². The highest BCUT2D eigenvalue weighted by Crippen LogP contribution is 2.38. The van der Waals surface area contributed by atoms with E-state index in [1.165, 1.54) is 36.5 Å². The number of pyridine rings is 1. The fraction of sp³-hybridized carbons (Fsp3) is 0.0833. The van der Waals surface area contributed by atoms with Crippen LogP contribution in [0.5, 0.6) is 17.4 Å². The summed E-state index contributed by atoms with van der Waals surface area (Å²) in [5.74, 6) is -0.926. The second-order valence-corrected chi connectivity index (χ2v) is 3.42. The van der Waals surface area contributed by atoms with Crippen LogP contribution in [0.2, 0.25) is 0 Å². The molecule has 1 N–H and O–H groups in total. The van der Waals surface area contributed by atoms with E-state index >= 15 is 0 Å². The zero-order chi connectivity index (χ0) is 13.2. The van der Waals surface area contributed by atoms with Crippen molar-refractivity contribution < 1.29 is 23.0 Å². The van der Waals surface area contributed by atoms with Gasteiger partial charge in [-0.25, -0.2) is 4.98 Å². The maximum Gasteiger partial charge on any atom is 0.421 e. The van der Waals surface area contributed by atoms with Crippen molar-refractivity contribution in [3.8, 4) is 17.4 Å². The number of rotatable bonds is 2. The van der Waals surface area contributed by atoms with E-state index < -0.39 is 17.6 Å². The first-order valence-electron chi connectivity index (χ1n) is 4.96. The fourth-order valence-electron chi connectivity index (χ4n) is 1.34. The molecule has 2 aromatic rings. The quantitative estimate of drug-likeness (QED) is 0.891. The Labute approximate surface area is 100 Å². The van der Waals surface area contributed by atoms with Crippen molar-refractivity contribution in [2.45, 2.75) is 6.18 Å². The lowest BCUT2D eigenvalue weighted by Gasteiger charge is -2.12. The number of phenolic OH excluding ortho intramolecular Hbond substituents is 1. The standard InChI is InChI=1S/C12H8F3NO2/c13-12(14,15)8-4-3-7-16-11(8)18-10-6-2-1-5-9(10)17/h1-7,17H.